The van der Waals surface area contributed by atoms with Crippen molar-refractivity contribution in [2.45, 2.75) is 57.9 Å². The lowest BCUT2D eigenvalue weighted by Crippen LogP contribution is -2.40. The molecule has 0 saturated carbocycles. The smallest absolute Gasteiger partial charge is 0.407 e. The van der Waals surface area contributed by atoms with Crippen molar-refractivity contribution in [2.75, 3.05) is 13.2 Å². The van der Waals surface area contributed by atoms with Crippen LogP contribution in [0.4, 0.5) is 4.79 Å². The molecule has 34 heavy (non-hydrogen) atoms. The van der Waals surface area contributed by atoms with Crippen LogP contribution in [0.1, 0.15) is 63.0 Å². The third-order valence-corrected chi connectivity index (χ3v) is 6.29. The zero-order valence-electron chi connectivity index (χ0n) is 19.9. The minimum absolute atomic E-state index is 0.0146. The molecule has 0 radical (unpaired) electrons. The molecule has 7 heteroatoms. The molecule has 3 N–H and O–H groups in total. The largest absolute Gasteiger partial charge is 0.481 e. The van der Waals surface area contributed by atoms with Gasteiger partial charge in [0.2, 0.25) is 5.91 Å². The first kappa shape index (κ1) is 25.3. The summed E-state index contributed by atoms with van der Waals surface area (Å²) in [5.41, 5.74) is 4.65. The van der Waals surface area contributed by atoms with Crippen LogP contribution in [0.3, 0.4) is 0 Å². The molecule has 0 fully saturated rings. The molecule has 182 valence electrons. The average Bonchev–Trinajstić information content (AvgIpc) is 3.14. The van der Waals surface area contributed by atoms with Gasteiger partial charge in [-0.15, -0.1) is 0 Å². The van der Waals surface area contributed by atoms with E-state index in [-0.39, 0.29) is 30.9 Å². The molecule has 2 amide bonds. The zero-order valence-corrected chi connectivity index (χ0v) is 19.9. The summed E-state index contributed by atoms with van der Waals surface area (Å²) in [6, 6.07) is 16.0. The number of ether oxygens (including phenoxy) is 1. The standard InChI is InChI=1S/C27H34N2O5/c1-3-9-19(16-25(30)28-15-8-10-18(2)26(31)32)29-27(33)34-17-24-22-13-6-4-11-20(22)21-12-5-7-14-23(21)24/h4-7,11-14,18-19,24H,3,8-10,15-17H2,1-2H3,(H,28,30)(H,29,33)(H,31,32)/t18?,19-/m0/s1. The first-order chi connectivity index (χ1) is 16.4. The monoisotopic (exact) mass is 466 g/mol. The van der Waals surface area contributed by atoms with Crippen molar-refractivity contribution < 1.29 is 24.2 Å². The number of aliphatic carboxylic acids is 1. The van der Waals surface area contributed by atoms with Crippen LogP contribution < -0.4 is 10.6 Å². The first-order valence-electron chi connectivity index (χ1n) is 12.0. The second kappa shape index (κ2) is 12.2. The Hall–Kier alpha value is -3.35. The number of hydrogen-bond acceptors (Lipinski definition) is 4. The van der Waals surface area contributed by atoms with Gasteiger partial charge < -0.3 is 20.5 Å². The molecule has 0 aliphatic heterocycles. The quantitative estimate of drug-likeness (QED) is 0.393. The van der Waals surface area contributed by atoms with E-state index in [9.17, 15) is 14.4 Å². The van der Waals surface area contributed by atoms with Crippen molar-refractivity contribution >= 4 is 18.0 Å². The van der Waals surface area contributed by atoms with Gasteiger partial charge in [0.05, 0.1) is 5.92 Å². The number of rotatable bonds is 12. The number of benzene rings is 2. The molecule has 0 saturated heterocycles. The maximum atomic E-state index is 12.6. The van der Waals surface area contributed by atoms with Crippen molar-refractivity contribution in [1.29, 1.82) is 0 Å². The van der Waals surface area contributed by atoms with Crippen LogP contribution in [0.5, 0.6) is 0 Å². The fourth-order valence-electron chi connectivity index (χ4n) is 4.44. The Kier molecular flexibility index (Phi) is 9.08. The van der Waals surface area contributed by atoms with Gasteiger partial charge in [0.25, 0.3) is 0 Å². The van der Waals surface area contributed by atoms with Crippen molar-refractivity contribution in [3.8, 4) is 11.1 Å². The molecule has 2 aromatic rings. The fraction of sp³-hybridized carbons (Fsp3) is 0.444. The van der Waals surface area contributed by atoms with E-state index in [1.165, 1.54) is 11.1 Å². The third kappa shape index (κ3) is 6.59. The van der Waals surface area contributed by atoms with Gasteiger partial charge in [0.1, 0.15) is 6.61 Å². The summed E-state index contributed by atoms with van der Waals surface area (Å²) in [4.78, 5) is 35.7. The maximum absolute atomic E-state index is 12.6. The Morgan fingerprint density at radius 1 is 1.00 bits per heavy atom. The van der Waals surface area contributed by atoms with Crippen LogP contribution in [0.15, 0.2) is 48.5 Å². The molecule has 1 aliphatic rings. The highest BCUT2D eigenvalue weighted by Gasteiger charge is 2.29. The number of nitrogens with one attached hydrogen (secondary N) is 2. The Balaban J connectivity index is 1.49. The van der Waals surface area contributed by atoms with Gasteiger partial charge in [-0.25, -0.2) is 4.79 Å². The Bertz CT molecular complexity index is 961. The van der Waals surface area contributed by atoms with Gasteiger partial charge in [0, 0.05) is 24.9 Å². The van der Waals surface area contributed by atoms with Crippen molar-refractivity contribution in [2.24, 2.45) is 5.92 Å². The molecule has 0 heterocycles. The Labute approximate surface area is 200 Å². The second-order valence-corrected chi connectivity index (χ2v) is 8.89. The summed E-state index contributed by atoms with van der Waals surface area (Å²) in [6.07, 6.45) is 2.21. The highest BCUT2D eigenvalue weighted by Crippen LogP contribution is 2.44. The van der Waals surface area contributed by atoms with E-state index in [1.54, 1.807) is 6.92 Å². The van der Waals surface area contributed by atoms with Gasteiger partial charge >= 0.3 is 12.1 Å². The fourth-order valence-corrected chi connectivity index (χ4v) is 4.44. The molecule has 1 unspecified atom stereocenters. The van der Waals surface area contributed by atoms with E-state index in [1.807, 2.05) is 31.2 Å². The normalized spacial score (nSPS) is 13.9. The van der Waals surface area contributed by atoms with Crippen LogP contribution in [0.25, 0.3) is 11.1 Å². The highest BCUT2D eigenvalue weighted by molar-refractivity contribution is 5.79. The molecular formula is C27H34N2O5. The predicted molar refractivity (Wildman–Crippen MR) is 131 cm³/mol. The van der Waals surface area contributed by atoms with Crippen LogP contribution >= 0.6 is 0 Å². The summed E-state index contributed by atoms with van der Waals surface area (Å²) in [6.45, 7) is 4.30. The Morgan fingerprint density at radius 3 is 2.21 bits per heavy atom. The molecule has 2 aromatic carbocycles. The van der Waals surface area contributed by atoms with E-state index in [0.717, 1.165) is 17.5 Å². The van der Waals surface area contributed by atoms with E-state index in [4.69, 9.17) is 9.84 Å². The van der Waals surface area contributed by atoms with Crippen LogP contribution in [0, 0.1) is 5.92 Å². The number of carboxylic acids is 1. The van der Waals surface area contributed by atoms with Gasteiger partial charge in [-0.3, -0.25) is 9.59 Å². The minimum atomic E-state index is -0.832. The SMILES string of the molecule is CCC[C@@H](CC(=O)NCCCC(C)C(=O)O)NC(=O)OCC1c2ccccc2-c2ccccc21. The lowest BCUT2D eigenvalue weighted by molar-refractivity contribution is -0.141. The second-order valence-electron chi connectivity index (χ2n) is 8.89. The van der Waals surface area contributed by atoms with Crippen molar-refractivity contribution in [3.05, 3.63) is 59.7 Å². The maximum Gasteiger partial charge on any atom is 0.407 e. The average molecular weight is 467 g/mol. The van der Waals surface area contributed by atoms with Crippen molar-refractivity contribution in [3.63, 3.8) is 0 Å². The van der Waals surface area contributed by atoms with Crippen LogP contribution in [-0.2, 0) is 14.3 Å². The van der Waals surface area contributed by atoms with Crippen LogP contribution in [0.2, 0.25) is 0 Å². The third-order valence-electron chi connectivity index (χ3n) is 6.29. The number of carbonyl (C=O) groups excluding carboxylic acids is 2. The molecule has 0 bridgehead atoms. The molecule has 0 spiro atoms. The number of alkyl carbamates (subject to hydrolysis) is 1. The molecule has 2 atom stereocenters. The Morgan fingerprint density at radius 2 is 1.62 bits per heavy atom. The number of carbonyl (C=O) groups is 3. The number of carboxylic acid groups (broad SMARTS) is 1. The summed E-state index contributed by atoms with van der Waals surface area (Å²) in [5.74, 6) is -1.44. The lowest BCUT2D eigenvalue weighted by atomic mass is 9.98. The lowest BCUT2D eigenvalue weighted by Gasteiger charge is -2.19. The summed E-state index contributed by atoms with van der Waals surface area (Å²) in [5, 5.41) is 14.6. The first-order valence-corrected chi connectivity index (χ1v) is 12.0. The van der Waals surface area contributed by atoms with Gasteiger partial charge in [-0.1, -0.05) is 68.8 Å². The highest BCUT2D eigenvalue weighted by atomic mass is 16.5. The van der Waals surface area contributed by atoms with Gasteiger partial charge in [0.15, 0.2) is 0 Å². The molecular weight excluding hydrogens is 432 g/mol. The van der Waals surface area contributed by atoms with Gasteiger partial charge in [-0.05, 0) is 41.5 Å². The van der Waals surface area contributed by atoms with Crippen LogP contribution in [-0.4, -0.2) is 42.3 Å². The van der Waals surface area contributed by atoms with E-state index < -0.39 is 18.0 Å². The van der Waals surface area contributed by atoms with Crippen molar-refractivity contribution in [1.82, 2.24) is 10.6 Å². The number of hydrogen-bond donors (Lipinski definition) is 3. The molecule has 7 nitrogen and oxygen atoms in total. The number of amides is 2. The minimum Gasteiger partial charge on any atom is -0.481 e. The zero-order chi connectivity index (χ0) is 24.5. The summed E-state index contributed by atoms with van der Waals surface area (Å²) in [7, 11) is 0. The number of fused-ring (bicyclic) bond motifs is 3. The molecule has 1 aliphatic carbocycles. The molecule has 3 rings (SSSR count). The van der Waals surface area contributed by atoms with Gasteiger partial charge in [-0.2, -0.15) is 0 Å². The summed E-state index contributed by atoms with van der Waals surface area (Å²) >= 11 is 0. The summed E-state index contributed by atoms with van der Waals surface area (Å²) < 4.78 is 5.61. The van der Waals surface area contributed by atoms with E-state index >= 15 is 0 Å². The predicted octanol–water partition coefficient (Wildman–Crippen LogP) is 4.70. The molecule has 0 aromatic heterocycles. The van der Waals surface area contributed by atoms with E-state index in [0.29, 0.717) is 25.8 Å². The topological polar surface area (TPSA) is 105 Å². The van der Waals surface area contributed by atoms with E-state index in [2.05, 4.69) is 34.9 Å².